The van der Waals surface area contributed by atoms with E-state index in [0.29, 0.717) is 29.9 Å². The molecule has 3 aromatic rings. The minimum Gasteiger partial charge on any atom is -0.382 e. The molecule has 47 heavy (non-hydrogen) atoms. The first-order valence-corrected chi connectivity index (χ1v) is 18.4. The van der Waals surface area contributed by atoms with Crippen molar-refractivity contribution in [3.8, 4) is 28.0 Å². The minimum absolute atomic E-state index is 0.0565. The van der Waals surface area contributed by atoms with Crippen LogP contribution >= 0.6 is 0 Å². The lowest BCUT2D eigenvalue weighted by Gasteiger charge is -2.25. The number of benzene rings is 3. The molecule has 0 aromatic heterocycles. The van der Waals surface area contributed by atoms with Gasteiger partial charge in [-0.25, -0.2) is 0 Å². The molecule has 6 nitrogen and oxygen atoms in total. The quantitative estimate of drug-likeness (QED) is 0.143. The Morgan fingerprint density at radius 1 is 0.915 bits per heavy atom. The predicted molar refractivity (Wildman–Crippen MR) is 179 cm³/mol. The van der Waals surface area contributed by atoms with Gasteiger partial charge in [0.25, 0.3) is 0 Å². The van der Waals surface area contributed by atoms with Crippen LogP contribution in [0.4, 0.5) is 24.5 Å². The average Bonchev–Trinajstić information content (AvgIpc) is 3.89. The zero-order valence-electron chi connectivity index (χ0n) is 26.4. The van der Waals surface area contributed by atoms with Crippen LogP contribution < -0.4 is 14.8 Å². The summed E-state index contributed by atoms with van der Waals surface area (Å²) in [5, 5.41) is 7.16. The van der Waals surface area contributed by atoms with E-state index >= 15 is 0 Å². The Kier molecular flexibility index (Phi) is 7.48. The van der Waals surface area contributed by atoms with Crippen LogP contribution in [0.15, 0.2) is 47.5 Å². The van der Waals surface area contributed by atoms with E-state index in [9.17, 15) is 21.6 Å². The summed E-state index contributed by atoms with van der Waals surface area (Å²) in [5.74, 6) is 0.697. The summed E-state index contributed by atoms with van der Waals surface area (Å²) in [5.41, 5.74) is 5.04. The second-order valence-electron chi connectivity index (χ2n) is 14.4. The fraction of sp³-hybridized carbons (Fsp3) is 0.486. The summed E-state index contributed by atoms with van der Waals surface area (Å²) in [6.07, 6.45) is 11.1. The maximum Gasteiger partial charge on any atom is 0.534 e. The maximum atomic E-state index is 13.4. The Labute approximate surface area is 274 Å². The van der Waals surface area contributed by atoms with Crippen LogP contribution in [0.2, 0.25) is 0 Å². The molecule has 3 atom stereocenters. The van der Waals surface area contributed by atoms with E-state index in [0.717, 1.165) is 105 Å². The van der Waals surface area contributed by atoms with Crippen molar-refractivity contribution in [2.45, 2.75) is 94.0 Å². The molecule has 3 aromatic carbocycles. The molecule has 2 bridgehead atoms. The number of nitrogens with one attached hydrogen (secondary N) is 2. The van der Waals surface area contributed by atoms with Gasteiger partial charge in [-0.15, -0.1) is 0 Å². The molecule has 2 N–H and O–H groups in total. The van der Waals surface area contributed by atoms with Gasteiger partial charge in [0.05, 0.1) is 11.4 Å². The Hall–Kier alpha value is -3.37. The molecule has 1 heterocycles. The monoisotopic (exact) mass is 663 g/mol. The molecule has 5 aliphatic rings. The van der Waals surface area contributed by atoms with Gasteiger partial charge in [-0.2, -0.15) is 21.6 Å². The van der Waals surface area contributed by atoms with Crippen molar-refractivity contribution in [3.05, 3.63) is 64.7 Å². The largest absolute Gasteiger partial charge is 0.534 e. The van der Waals surface area contributed by atoms with Crippen molar-refractivity contribution in [3.63, 3.8) is 0 Å². The van der Waals surface area contributed by atoms with Gasteiger partial charge in [0, 0.05) is 18.2 Å². The van der Waals surface area contributed by atoms with Gasteiger partial charge < -0.3 is 14.8 Å². The third-order valence-electron chi connectivity index (χ3n) is 11.6. The number of halogens is 3. The highest BCUT2D eigenvalue weighted by Crippen LogP contribution is 2.60. The topological polar surface area (TPSA) is 79.8 Å². The first kappa shape index (κ1) is 30.9. The van der Waals surface area contributed by atoms with Gasteiger partial charge in [-0.3, -0.25) is 4.99 Å². The molecular formula is C37H40F3N3O3S. The molecule has 1 spiro atoms. The number of nitrogens with zero attached hydrogens (tertiary/aromatic N) is 1. The third kappa shape index (κ3) is 5.26. The number of rotatable bonds is 8. The number of hydrogen-bond acceptors (Lipinski definition) is 6. The molecule has 10 heteroatoms. The lowest BCUT2D eigenvalue weighted by atomic mass is 9.79. The number of aliphatic imine (C=N–C) groups is 1. The van der Waals surface area contributed by atoms with Crippen molar-refractivity contribution in [1.82, 2.24) is 5.32 Å². The van der Waals surface area contributed by atoms with Crippen molar-refractivity contribution in [2.75, 3.05) is 18.4 Å². The number of anilines is 1. The van der Waals surface area contributed by atoms with E-state index in [1.165, 1.54) is 29.2 Å². The zero-order valence-corrected chi connectivity index (χ0v) is 27.2. The number of fused-ring (bicyclic) bond motifs is 6. The molecule has 1 saturated heterocycles. The summed E-state index contributed by atoms with van der Waals surface area (Å²) >= 11 is 0. The molecule has 248 valence electrons. The Morgan fingerprint density at radius 2 is 1.62 bits per heavy atom. The van der Waals surface area contributed by atoms with E-state index in [4.69, 9.17) is 4.18 Å². The van der Waals surface area contributed by atoms with Crippen LogP contribution in [-0.4, -0.2) is 39.8 Å². The molecule has 3 unspecified atom stereocenters. The first-order chi connectivity index (χ1) is 22.6. The van der Waals surface area contributed by atoms with Crippen LogP contribution in [0, 0.1) is 5.41 Å². The lowest BCUT2D eigenvalue weighted by molar-refractivity contribution is -0.0500. The van der Waals surface area contributed by atoms with Crippen molar-refractivity contribution in [1.29, 1.82) is 0 Å². The zero-order chi connectivity index (χ0) is 32.6. The summed E-state index contributed by atoms with van der Waals surface area (Å²) in [7, 11) is -5.77. The molecule has 0 amide bonds. The van der Waals surface area contributed by atoms with E-state index in [2.05, 4.69) is 46.6 Å². The Morgan fingerprint density at radius 3 is 2.32 bits per heavy atom. The van der Waals surface area contributed by atoms with Gasteiger partial charge in [-0.1, -0.05) is 37.1 Å². The molecular weight excluding hydrogens is 623 g/mol. The third-order valence-corrected chi connectivity index (χ3v) is 12.6. The average molecular weight is 664 g/mol. The summed E-state index contributed by atoms with van der Waals surface area (Å²) < 4.78 is 69.2. The van der Waals surface area contributed by atoms with Crippen molar-refractivity contribution < 1.29 is 25.8 Å². The maximum absolute atomic E-state index is 13.4. The van der Waals surface area contributed by atoms with Crippen LogP contribution in [0.3, 0.4) is 0 Å². The SMILES string of the molecule is C=Nc1ccc(-c2ccc(-c3ccc(OS(=O)(=O)C(F)(F)F)c4c3CC3(CCCC3)C4)c3c2C2CCC3C2)cc1NCC1CCCN1. The van der Waals surface area contributed by atoms with Gasteiger partial charge in [0.2, 0.25) is 0 Å². The van der Waals surface area contributed by atoms with Crippen LogP contribution in [0.5, 0.6) is 5.75 Å². The minimum atomic E-state index is -5.77. The molecule has 1 aliphatic heterocycles. The number of hydrogen-bond donors (Lipinski definition) is 2. The molecule has 0 radical (unpaired) electrons. The van der Waals surface area contributed by atoms with E-state index in [1.807, 2.05) is 6.07 Å². The molecule has 2 saturated carbocycles. The van der Waals surface area contributed by atoms with Crippen LogP contribution in [-0.2, 0) is 23.0 Å². The summed E-state index contributed by atoms with van der Waals surface area (Å²) in [6, 6.07) is 14.4. The second-order valence-corrected chi connectivity index (χ2v) is 15.9. The summed E-state index contributed by atoms with van der Waals surface area (Å²) in [6.45, 7) is 5.67. The highest BCUT2D eigenvalue weighted by Gasteiger charge is 2.50. The first-order valence-electron chi connectivity index (χ1n) is 17.0. The normalized spacial score (nSPS) is 24.1. The molecule has 8 rings (SSSR count). The van der Waals surface area contributed by atoms with E-state index < -0.39 is 15.6 Å². The molecule has 4 aliphatic carbocycles. The van der Waals surface area contributed by atoms with Crippen LogP contribution in [0.1, 0.15) is 91.9 Å². The fourth-order valence-corrected chi connectivity index (χ4v) is 10.00. The van der Waals surface area contributed by atoms with Crippen molar-refractivity contribution in [2.24, 2.45) is 10.4 Å². The standard InChI is InChI=1S/C37H40F3N3O3S/c1-41-31-12-8-22(18-32(31)43-21-25-5-4-16-42-25)26-9-10-28(35-24-7-6-23(17-24)34(26)35)27-11-13-33(46-47(44,45)37(38,39)40)30-20-36(19-29(27)30)14-2-3-15-36/h8-13,18,23-25,42-43H,1-7,14-17,19-21H2. The predicted octanol–water partition coefficient (Wildman–Crippen LogP) is 8.77. The lowest BCUT2D eigenvalue weighted by Crippen LogP contribution is -2.29. The van der Waals surface area contributed by atoms with Gasteiger partial charge in [-0.05, 0) is 145 Å². The highest BCUT2D eigenvalue weighted by atomic mass is 32.2. The van der Waals surface area contributed by atoms with Crippen LogP contribution in [0.25, 0.3) is 22.3 Å². The van der Waals surface area contributed by atoms with Gasteiger partial charge in [0.15, 0.2) is 0 Å². The second kappa shape index (κ2) is 11.4. The van der Waals surface area contributed by atoms with E-state index in [1.54, 1.807) is 6.07 Å². The number of alkyl halides is 3. The van der Waals surface area contributed by atoms with Gasteiger partial charge in [0.1, 0.15) is 5.75 Å². The Bertz CT molecular complexity index is 1860. The highest BCUT2D eigenvalue weighted by molar-refractivity contribution is 7.88. The Balaban J connectivity index is 1.22. The van der Waals surface area contributed by atoms with E-state index in [-0.39, 0.29) is 11.2 Å². The smallest absolute Gasteiger partial charge is 0.382 e. The fourth-order valence-electron chi connectivity index (χ4n) is 9.51. The summed E-state index contributed by atoms with van der Waals surface area (Å²) in [4.78, 5) is 4.28. The van der Waals surface area contributed by atoms with Crippen molar-refractivity contribution >= 4 is 28.2 Å². The van der Waals surface area contributed by atoms with Gasteiger partial charge >= 0.3 is 15.6 Å². The molecule has 3 fully saturated rings.